The lowest BCUT2D eigenvalue weighted by molar-refractivity contribution is -0.124. The minimum Gasteiger partial charge on any atom is -0.356 e. The van der Waals surface area contributed by atoms with Crippen LogP contribution in [0.1, 0.15) is 167 Å². The largest absolute Gasteiger partial charge is 0.356 e. The summed E-state index contributed by atoms with van der Waals surface area (Å²) in [7, 11) is 1.93. The van der Waals surface area contributed by atoms with Crippen molar-refractivity contribution in [1.29, 1.82) is 0 Å². The van der Waals surface area contributed by atoms with E-state index in [1.54, 1.807) is 69.2 Å². The molecule has 0 spiro atoms. The molecule has 62 heavy (non-hydrogen) atoms. The van der Waals surface area contributed by atoms with Crippen molar-refractivity contribution in [3.8, 4) is 0 Å². The van der Waals surface area contributed by atoms with Crippen LogP contribution in [-0.2, 0) is 38.4 Å². The topological polar surface area (TPSA) is 185 Å². The Morgan fingerprint density at radius 2 is 0.613 bits per heavy atom. The van der Waals surface area contributed by atoms with Gasteiger partial charge in [-0.05, 0) is 73.9 Å². The third-order valence-corrected chi connectivity index (χ3v) is 12.4. The molecular weight excluding hydrogens is 785 g/mol. The Balaban J connectivity index is 1.84. The average molecular weight is 863 g/mol. The molecular formula is C50H78N4O8. The van der Waals surface area contributed by atoms with E-state index < -0.39 is 21.7 Å². The molecule has 0 radical (unpaired) electrons. The Morgan fingerprint density at radius 3 is 0.839 bits per heavy atom. The average Bonchev–Trinajstić information content (AvgIpc) is 3.12. The summed E-state index contributed by atoms with van der Waals surface area (Å²) in [5.74, 6) is -1.70. The molecule has 0 atom stereocenters. The monoisotopic (exact) mass is 863 g/mol. The van der Waals surface area contributed by atoms with Crippen LogP contribution < -0.4 is 21.3 Å². The van der Waals surface area contributed by atoms with Gasteiger partial charge in [0.1, 0.15) is 5.78 Å². The summed E-state index contributed by atoms with van der Waals surface area (Å²) >= 11 is 0. The first-order chi connectivity index (χ1) is 28.6. The smallest absolute Gasteiger partial charge is 0.220 e. The second-order valence-corrected chi connectivity index (χ2v) is 20.2. The number of nitrogens with one attached hydrogen (secondary N) is 4. The first kappa shape index (κ1) is 53.8. The molecule has 2 rings (SSSR count). The normalized spacial score (nSPS) is 15.8. The molecule has 4 N–H and O–H groups in total. The number of hydrogen-bond donors (Lipinski definition) is 4. The van der Waals surface area contributed by atoms with Crippen LogP contribution in [0, 0.1) is 21.7 Å². The predicted octanol–water partition coefficient (Wildman–Crippen LogP) is 7.50. The van der Waals surface area contributed by atoms with E-state index in [0.29, 0.717) is 64.2 Å². The summed E-state index contributed by atoms with van der Waals surface area (Å²) in [6.45, 7) is 24.9. The van der Waals surface area contributed by atoms with Crippen molar-refractivity contribution in [2.24, 2.45) is 21.7 Å². The molecule has 3 amide bonds. The minimum absolute atomic E-state index is 0.0233. The van der Waals surface area contributed by atoms with E-state index in [1.807, 2.05) is 20.9 Å². The number of rotatable bonds is 26. The van der Waals surface area contributed by atoms with Crippen LogP contribution in [0.2, 0.25) is 0 Å². The second-order valence-electron chi connectivity index (χ2n) is 20.2. The zero-order chi connectivity index (χ0) is 47.4. The zero-order valence-electron chi connectivity index (χ0n) is 40.6. The van der Waals surface area contributed by atoms with Crippen LogP contribution in [0.25, 0.3) is 0 Å². The quantitative estimate of drug-likeness (QED) is 0.0505. The van der Waals surface area contributed by atoms with Gasteiger partial charge in [0.15, 0.2) is 23.1 Å². The Hall–Kier alpha value is -4.32. The lowest BCUT2D eigenvalue weighted by atomic mass is 9.66. The first-order valence-electron chi connectivity index (χ1n) is 22.6. The number of allylic oxidation sites excluding steroid dienone is 8. The highest BCUT2D eigenvalue weighted by Crippen LogP contribution is 2.45. The molecule has 0 aliphatic heterocycles. The summed E-state index contributed by atoms with van der Waals surface area (Å²) in [4.78, 5) is 106. The molecule has 346 valence electrons. The van der Waals surface area contributed by atoms with Gasteiger partial charge < -0.3 is 21.3 Å². The van der Waals surface area contributed by atoms with E-state index in [4.69, 9.17) is 0 Å². The lowest BCUT2D eigenvalue weighted by Crippen LogP contribution is -2.39. The van der Waals surface area contributed by atoms with Gasteiger partial charge in [-0.15, -0.1) is 0 Å². The molecule has 0 aromatic heterocycles. The van der Waals surface area contributed by atoms with Crippen molar-refractivity contribution >= 4 is 46.6 Å². The van der Waals surface area contributed by atoms with E-state index in [1.165, 1.54) is 6.92 Å². The van der Waals surface area contributed by atoms with E-state index in [-0.39, 0.29) is 72.3 Å². The molecule has 0 saturated heterocycles. The third kappa shape index (κ3) is 14.4. The second kappa shape index (κ2) is 22.9. The van der Waals surface area contributed by atoms with Gasteiger partial charge in [-0.2, -0.15) is 0 Å². The summed E-state index contributed by atoms with van der Waals surface area (Å²) < 4.78 is 0. The fourth-order valence-electron chi connectivity index (χ4n) is 9.58. The van der Waals surface area contributed by atoms with Gasteiger partial charge in [-0.25, -0.2) is 0 Å². The predicted molar refractivity (Wildman–Crippen MR) is 245 cm³/mol. The number of Topliss-reactive ketones (excluding diaryl/α,β-unsaturated/α-hetero) is 5. The van der Waals surface area contributed by atoms with Crippen molar-refractivity contribution < 1.29 is 38.4 Å². The fourth-order valence-corrected chi connectivity index (χ4v) is 9.58. The van der Waals surface area contributed by atoms with Crippen LogP contribution in [0.3, 0.4) is 0 Å². The van der Waals surface area contributed by atoms with Crippen molar-refractivity contribution in [2.45, 2.75) is 167 Å². The highest BCUT2D eigenvalue weighted by Gasteiger charge is 2.45. The van der Waals surface area contributed by atoms with E-state index in [9.17, 15) is 38.4 Å². The first-order valence-corrected chi connectivity index (χ1v) is 22.6. The number of ketones is 5. The SMILES string of the molecule is CNCCCCCCNC(=O)CC(C)(C)C1=C(C)C(=O)C(C(C)(C)CC(=O)NCCCCCCNC(=O)CC(C)(C)C2=C(C)C(=O)C(C(C)(C)CC(C)=O)=C(C)C2=O)=C(C)C1=O. The fraction of sp³-hybridized carbons (Fsp3) is 0.680. The highest BCUT2D eigenvalue weighted by molar-refractivity contribution is 6.27. The molecule has 0 aromatic carbocycles. The van der Waals surface area contributed by atoms with Gasteiger partial charge in [-0.3, -0.25) is 38.4 Å². The molecule has 12 heteroatoms. The zero-order valence-corrected chi connectivity index (χ0v) is 40.6. The maximum Gasteiger partial charge on any atom is 0.220 e. The van der Waals surface area contributed by atoms with Crippen molar-refractivity contribution in [1.82, 2.24) is 21.3 Å². The van der Waals surface area contributed by atoms with Crippen LogP contribution in [0.15, 0.2) is 44.6 Å². The number of carbonyl (C=O) groups is 8. The van der Waals surface area contributed by atoms with Crippen LogP contribution in [0.5, 0.6) is 0 Å². The summed E-state index contributed by atoms with van der Waals surface area (Å²) in [6.07, 6.45) is 7.44. The lowest BCUT2D eigenvalue weighted by Gasteiger charge is -2.36. The maximum absolute atomic E-state index is 13.9. The molecule has 2 aliphatic rings. The number of amides is 3. The molecule has 0 saturated carbocycles. The molecule has 0 bridgehead atoms. The van der Waals surface area contributed by atoms with Gasteiger partial charge >= 0.3 is 0 Å². The Kier molecular flexibility index (Phi) is 19.8. The Bertz CT molecular complexity index is 1900. The molecule has 0 aromatic rings. The van der Waals surface area contributed by atoms with Gasteiger partial charge in [0.25, 0.3) is 0 Å². The van der Waals surface area contributed by atoms with Crippen LogP contribution >= 0.6 is 0 Å². The van der Waals surface area contributed by atoms with Gasteiger partial charge in [0.2, 0.25) is 17.7 Å². The van der Waals surface area contributed by atoms with E-state index >= 15 is 0 Å². The van der Waals surface area contributed by atoms with Gasteiger partial charge in [0, 0.05) is 112 Å². The van der Waals surface area contributed by atoms with Crippen LogP contribution in [0.4, 0.5) is 0 Å². The molecule has 12 nitrogen and oxygen atoms in total. The third-order valence-electron chi connectivity index (χ3n) is 12.4. The summed E-state index contributed by atoms with van der Waals surface area (Å²) in [6, 6.07) is 0. The maximum atomic E-state index is 13.9. The van der Waals surface area contributed by atoms with E-state index in [2.05, 4.69) is 21.3 Å². The number of hydrogen-bond acceptors (Lipinski definition) is 9. The van der Waals surface area contributed by atoms with Crippen molar-refractivity contribution in [3.05, 3.63) is 44.6 Å². The van der Waals surface area contributed by atoms with Gasteiger partial charge in [0.05, 0.1) is 0 Å². The number of unbranched alkanes of at least 4 members (excludes halogenated alkanes) is 6. The Labute approximate surface area is 371 Å². The van der Waals surface area contributed by atoms with Crippen LogP contribution in [-0.4, -0.2) is 79.9 Å². The molecule has 0 fully saturated rings. The van der Waals surface area contributed by atoms with Gasteiger partial charge in [-0.1, -0.05) is 81.1 Å². The summed E-state index contributed by atoms with van der Waals surface area (Å²) in [5, 5.41) is 12.0. The standard InChI is InChI=1S/C50H78N4O8/c1-31(55)27-47(6,7)39-32(2)44(60)40(33(3)43(39)59)48(8,9)28-37(57)53-25-21-17-18-22-26-54-38(58)30-50(12,13)42-35(5)45(61)41(34(4)46(42)62)49(10,11)29-36(56)52-24-20-16-15-19-23-51-14/h51H,15-30H2,1-14H3,(H,52,56)(H,53,57)(H,54,58). The number of carbonyl (C=O) groups excluding carboxylic acids is 8. The molecule has 2 aliphatic carbocycles. The van der Waals surface area contributed by atoms with E-state index in [0.717, 1.165) is 57.9 Å². The molecule has 0 heterocycles. The molecule has 0 unspecified atom stereocenters. The highest BCUT2D eigenvalue weighted by atomic mass is 16.2. The van der Waals surface area contributed by atoms with Crippen molar-refractivity contribution in [3.63, 3.8) is 0 Å². The van der Waals surface area contributed by atoms with Crippen molar-refractivity contribution in [2.75, 3.05) is 33.2 Å². The Morgan fingerprint density at radius 1 is 0.387 bits per heavy atom. The summed E-state index contributed by atoms with van der Waals surface area (Å²) in [5.41, 5.74) is -0.768. The minimum atomic E-state index is -0.907.